The van der Waals surface area contributed by atoms with E-state index in [4.69, 9.17) is 5.73 Å². The molecule has 19 heavy (non-hydrogen) atoms. The molecule has 0 aliphatic heterocycles. The molecule has 0 heterocycles. The van der Waals surface area contributed by atoms with E-state index in [-0.39, 0.29) is 11.4 Å². The fraction of sp³-hybridized carbons (Fsp3) is 0.143. The highest BCUT2D eigenvalue weighted by atomic mass is 32.2. The minimum Gasteiger partial charge on any atom is -0.326 e. The van der Waals surface area contributed by atoms with Crippen molar-refractivity contribution in [1.29, 1.82) is 0 Å². The topological polar surface area (TPSA) is 72.2 Å². The molecule has 0 fully saturated rings. The first-order valence-electron chi connectivity index (χ1n) is 5.91. The molecule has 2 rings (SSSR count). The van der Waals surface area contributed by atoms with Crippen molar-refractivity contribution in [1.82, 2.24) is 0 Å². The summed E-state index contributed by atoms with van der Waals surface area (Å²) < 4.78 is 27.3. The molecule has 100 valence electrons. The predicted octanol–water partition coefficient (Wildman–Crippen LogP) is 2.25. The molecule has 3 N–H and O–H groups in total. The largest absolute Gasteiger partial charge is 0.326 e. The van der Waals surface area contributed by atoms with Crippen LogP contribution in [0, 0.1) is 6.92 Å². The third-order valence-corrected chi connectivity index (χ3v) is 4.34. The Hall–Kier alpha value is -1.85. The van der Waals surface area contributed by atoms with E-state index in [0.29, 0.717) is 11.3 Å². The first-order chi connectivity index (χ1) is 9.04. The summed E-state index contributed by atoms with van der Waals surface area (Å²) in [4.78, 5) is 0.223. The van der Waals surface area contributed by atoms with Gasteiger partial charge in [0.2, 0.25) is 0 Å². The van der Waals surface area contributed by atoms with Crippen LogP contribution in [0.25, 0.3) is 0 Å². The number of para-hydroxylation sites is 1. The number of anilines is 1. The van der Waals surface area contributed by atoms with Crippen molar-refractivity contribution in [3.8, 4) is 0 Å². The van der Waals surface area contributed by atoms with E-state index in [2.05, 4.69) is 4.72 Å². The molecule has 4 nitrogen and oxygen atoms in total. The van der Waals surface area contributed by atoms with Gasteiger partial charge in [-0.25, -0.2) is 8.42 Å². The van der Waals surface area contributed by atoms with Gasteiger partial charge in [0.15, 0.2) is 0 Å². The third-order valence-electron chi connectivity index (χ3n) is 2.87. The van der Waals surface area contributed by atoms with Crippen LogP contribution in [0.4, 0.5) is 5.69 Å². The van der Waals surface area contributed by atoms with Crippen LogP contribution in [-0.4, -0.2) is 8.42 Å². The second-order valence-corrected chi connectivity index (χ2v) is 5.88. The highest BCUT2D eigenvalue weighted by Crippen LogP contribution is 2.21. The van der Waals surface area contributed by atoms with Crippen LogP contribution < -0.4 is 10.5 Å². The lowest BCUT2D eigenvalue weighted by Crippen LogP contribution is -2.16. The third kappa shape index (κ3) is 2.94. The van der Waals surface area contributed by atoms with E-state index in [0.717, 1.165) is 5.56 Å². The van der Waals surface area contributed by atoms with E-state index in [1.54, 1.807) is 36.4 Å². The van der Waals surface area contributed by atoms with Crippen molar-refractivity contribution in [3.05, 3.63) is 59.7 Å². The summed E-state index contributed by atoms with van der Waals surface area (Å²) in [5.41, 5.74) is 7.63. The Kier molecular flexibility index (Phi) is 3.87. The van der Waals surface area contributed by atoms with Crippen molar-refractivity contribution >= 4 is 15.7 Å². The van der Waals surface area contributed by atoms with Gasteiger partial charge < -0.3 is 5.73 Å². The summed E-state index contributed by atoms with van der Waals surface area (Å²) in [6.45, 7) is 2.04. The summed E-state index contributed by atoms with van der Waals surface area (Å²) in [5.74, 6) is 0. The molecule has 0 atom stereocenters. The van der Waals surface area contributed by atoms with Crippen LogP contribution >= 0.6 is 0 Å². The van der Waals surface area contributed by atoms with Crippen LogP contribution in [0.5, 0.6) is 0 Å². The zero-order valence-corrected chi connectivity index (χ0v) is 11.4. The van der Waals surface area contributed by atoms with Gasteiger partial charge in [0.25, 0.3) is 10.0 Å². The van der Waals surface area contributed by atoms with Crippen molar-refractivity contribution < 1.29 is 8.42 Å². The highest BCUT2D eigenvalue weighted by molar-refractivity contribution is 7.92. The zero-order chi connectivity index (χ0) is 13.9. The molecular formula is C14H16N2O2S. The number of sulfonamides is 1. The first-order valence-corrected chi connectivity index (χ1v) is 7.39. The molecule has 0 bridgehead atoms. The number of hydrogen-bond acceptors (Lipinski definition) is 3. The van der Waals surface area contributed by atoms with Crippen LogP contribution in [0.15, 0.2) is 53.4 Å². The van der Waals surface area contributed by atoms with Gasteiger partial charge in [-0.3, -0.25) is 4.72 Å². The van der Waals surface area contributed by atoms with E-state index in [9.17, 15) is 8.42 Å². The van der Waals surface area contributed by atoms with Crippen molar-refractivity contribution in [2.24, 2.45) is 5.73 Å². The lowest BCUT2D eigenvalue weighted by atomic mass is 10.2. The van der Waals surface area contributed by atoms with Crippen LogP contribution in [0.1, 0.15) is 11.1 Å². The fourth-order valence-corrected chi connectivity index (χ4v) is 3.20. The van der Waals surface area contributed by atoms with E-state index >= 15 is 0 Å². The summed E-state index contributed by atoms with van der Waals surface area (Å²) in [5, 5.41) is 0. The molecule has 0 saturated carbocycles. The first kappa shape index (κ1) is 13.6. The Morgan fingerprint density at radius 3 is 2.37 bits per heavy atom. The number of rotatable bonds is 4. The Balaban J connectivity index is 2.41. The van der Waals surface area contributed by atoms with Gasteiger partial charge in [0.1, 0.15) is 0 Å². The van der Waals surface area contributed by atoms with Gasteiger partial charge in [-0.05, 0) is 30.2 Å². The average Bonchev–Trinajstić information content (AvgIpc) is 2.41. The lowest BCUT2D eigenvalue weighted by Gasteiger charge is -2.12. The number of benzene rings is 2. The standard InChI is InChI=1S/C14H16N2O2S/c1-11-6-2-4-8-13(11)16-19(17,18)14-9-5-3-7-12(14)10-15/h2-9,16H,10,15H2,1H3. The molecule has 2 aromatic rings. The molecule has 0 aromatic heterocycles. The van der Waals surface area contributed by atoms with Gasteiger partial charge in [0.05, 0.1) is 10.6 Å². The highest BCUT2D eigenvalue weighted by Gasteiger charge is 2.17. The fourth-order valence-electron chi connectivity index (χ4n) is 1.82. The van der Waals surface area contributed by atoms with Crippen molar-refractivity contribution in [3.63, 3.8) is 0 Å². The summed E-state index contributed by atoms with van der Waals surface area (Å²) in [6, 6.07) is 14.0. The van der Waals surface area contributed by atoms with E-state index in [1.165, 1.54) is 0 Å². The van der Waals surface area contributed by atoms with Crippen LogP contribution in [0.3, 0.4) is 0 Å². The average molecular weight is 276 g/mol. The summed E-state index contributed by atoms with van der Waals surface area (Å²) in [7, 11) is -3.61. The number of nitrogens with one attached hydrogen (secondary N) is 1. The lowest BCUT2D eigenvalue weighted by molar-refractivity contribution is 0.600. The predicted molar refractivity (Wildman–Crippen MR) is 76.3 cm³/mol. The molecule has 0 aliphatic rings. The second-order valence-electron chi connectivity index (χ2n) is 4.23. The Labute approximate surface area is 113 Å². The minimum absolute atomic E-state index is 0.185. The second kappa shape index (κ2) is 5.42. The molecule has 2 aromatic carbocycles. The molecule has 5 heteroatoms. The molecule has 0 radical (unpaired) electrons. The molecular weight excluding hydrogens is 260 g/mol. The molecule has 0 unspecified atom stereocenters. The summed E-state index contributed by atoms with van der Waals surface area (Å²) >= 11 is 0. The number of nitrogens with two attached hydrogens (primary N) is 1. The van der Waals surface area contributed by atoms with Gasteiger partial charge in [-0.15, -0.1) is 0 Å². The maximum Gasteiger partial charge on any atom is 0.262 e. The van der Waals surface area contributed by atoms with Crippen LogP contribution in [0.2, 0.25) is 0 Å². The smallest absolute Gasteiger partial charge is 0.262 e. The van der Waals surface area contributed by atoms with Gasteiger partial charge in [-0.2, -0.15) is 0 Å². The summed E-state index contributed by atoms with van der Waals surface area (Å²) in [6.07, 6.45) is 0. The monoisotopic (exact) mass is 276 g/mol. The van der Waals surface area contributed by atoms with Crippen molar-refractivity contribution in [2.45, 2.75) is 18.4 Å². The number of hydrogen-bond donors (Lipinski definition) is 2. The quantitative estimate of drug-likeness (QED) is 0.899. The zero-order valence-electron chi connectivity index (χ0n) is 10.6. The maximum atomic E-state index is 12.4. The molecule has 0 aliphatic carbocycles. The molecule has 0 spiro atoms. The van der Waals surface area contributed by atoms with Gasteiger partial charge >= 0.3 is 0 Å². The van der Waals surface area contributed by atoms with Gasteiger partial charge in [0, 0.05) is 6.54 Å². The van der Waals surface area contributed by atoms with E-state index in [1.807, 2.05) is 19.1 Å². The Morgan fingerprint density at radius 1 is 1.05 bits per heavy atom. The normalized spacial score (nSPS) is 11.3. The number of aryl methyl sites for hydroxylation is 1. The Bertz CT molecular complexity index is 681. The van der Waals surface area contributed by atoms with Gasteiger partial charge in [-0.1, -0.05) is 36.4 Å². The minimum atomic E-state index is -3.61. The molecule has 0 amide bonds. The Morgan fingerprint density at radius 2 is 1.68 bits per heavy atom. The molecule has 0 saturated heterocycles. The van der Waals surface area contributed by atoms with Crippen LogP contribution in [-0.2, 0) is 16.6 Å². The maximum absolute atomic E-state index is 12.4. The van der Waals surface area contributed by atoms with Crippen molar-refractivity contribution in [2.75, 3.05) is 4.72 Å². The SMILES string of the molecule is Cc1ccccc1NS(=O)(=O)c1ccccc1CN. The van der Waals surface area contributed by atoms with E-state index < -0.39 is 10.0 Å².